The third kappa shape index (κ3) is 2.54. The third-order valence-corrected chi connectivity index (χ3v) is 3.60. The summed E-state index contributed by atoms with van der Waals surface area (Å²) >= 11 is 5.99. The first-order valence-electron chi connectivity index (χ1n) is 6.61. The van der Waals surface area contributed by atoms with E-state index in [4.69, 9.17) is 21.6 Å². The summed E-state index contributed by atoms with van der Waals surface area (Å²) in [6, 6.07) is 16.3. The van der Waals surface area contributed by atoms with E-state index in [1.165, 1.54) is 10.8 Å². The average Bonchev–Trinajstić information content (AvgIpc) is 2.93. The maximum Gasteiger partial charge on any atom is 0.269 e. The SMILES string of the molecule is N#Cc1cn(C(=O)COc2ccccc2Cl)c2ccccc12. The highest BCUT2D eigenvalue weighted by Gasteiger charge is 2.14. The summed E-state index contributed by atoms with van der Waals surface area (Å²) in [5.41, 5.74) is 1.15. The minimum absolute atomic E-state index is 0.159. The van der Waals surface area contributed by atoms with Gasteiger partial charge in [-0.1, -0.05) is 41.9 Å². The maximum absolute atomic E-state index is 12.4. The van der Waals surface area contributed by atoms with Gasteiger partial charge >= 0.3 is 0 Å². The van der Waals surface area contributed by atoms with Crippen molar-refractivity contribution < 1.29 is 9.53 Å². The molecule has 0 atom stereocenters. The monoisotopic (exact) mass is 310 g/mol. The molecule has 1 aromatic heterocycles. The molecular weight excluding hydrogens is 300 g/mol. The summed E-state index contributed by atoms with van der Waals surface area (Å²) in [7, 11) is 0. The molecule has 3 rings (SSSR count). The molecule has 0 aliphatic heterocycles. The van der Waals surface area contributed by atoms with Crippen molar-refractivity contribution in [2.24, 2.45) is 0 Å². The summed E-state index contributed by atoms with van der Waals surface area (Å²) in [6.45, 7) is -0.159. The number of para-hydroxylation sites is 2. The van der Waals surface area contributed by atoms with Gasteiger partial charge in [0.05, 0.1) is 16.1 Å². The van der Waals surface area contributed by atoms with Crippen LogP contribution < -0.4 is 4.74 Å². The molecule has 0 aliphatic carbocycles. The Labute approximate surface area is 132 Å². The van der Waals surface area contributed by atoms with Crippen LogP contribution in [-0.4, -0.2) is 17.1 Å². The largest absolute Gasteiger partial charge is 0.482 e. The summed E-state index contributed by atoms with van der Waals surface area (Å²) in [6.07, 6.45) is 1.53. The van der Waals surface area contributed by atoms with Gasteiger partial charge in [0, 0.05) is 11.6 Å². The fourth-order valence-electron chi connectivity index (χ4n) is 2.25. The van der Waals surface area contributed by atoms with Gasteiger partial charge in [-0.3, -0.25) is 9.36 Å². The van der Waals surface area contributed by atoms with Crippen molar-refractivity contribution in [1.29, 1.82) is 5.26 Å². The zero-order chi connectivity index (χ0) is 15.5. The lowest BCUT2D eigenvalue weighted by molar-refractivity contribution is 0.0843. The Hall–Kier alpha value is -2.77. The molecule has 3 aromatic rings. The van der Waals surface area contributed by atoms with E-state index < -0.39 is 0 Å². The molecule has 2 aromatic carbocycles. The van der Waals surface area contributed by atoms with Gasteiger partial charge < -0.3 is 4.74 Å². The molecular formula is C17H11ClN2O2. The lowest BCUT2D eigenvalue weighted by Crippen LogP contribution is -2.18. The highest BCUT2D eigenvalue weighted by Crippen LogP contribution is 2.24. The number of fused-ring (bicyclic) bond motifs is 1. The van der Waals surface area contributed by atoms with Crippen molar-refractivity contribution in [1.82, 2.24) is 4.57 Å². The number of nitriles is 1. The molecule has 0 aliphatic rings. The van der Waals surface area contributed by atoms with E-state index in [2.05, 4.69) is 6.07 Å². The predicted molar refractivity (Wildman–Crippen MR) is 84.2 cm³/mol. The zero-order valence-corrected chi connectivity index (χ0v) is 12.2. The van der Waals surface area contributed by atoms with Crippen molar-refractivity contribution in [3.63, 3.8) is 0 Å². The van der Waals surface area contributed by atoms with E-state index in [1.54, 1.807) is 30.3 Å². The second kappa shape index (κ2) is 5.92. The van der Waals surface area contributed by atoms with Crippen LogP contribution in [0.25, 0.3) is 10.9 Å². The van der Waals surface area contributed by atoms with Gasteiger partial charge in [0.2, 0.25) is 0 Å². The first kappa shape index (κ1) is 14.2. The molecule has 0 saturated carbocycles. The zero-order valence-electron chi connectivity index (χ0n) is 11.5. The minimum atomic E-state index is -0.266. The number of benzene rings is 2. The summed E-state index contributed by atoms with van der Waals surface area (Å²) in [5, 5.41) is 10.3. The molecule has 5 heteroatoms. The molecule has 0 saturated heterocycles. The Balaban J connectivity index is 1.87. The smallest absolute Gasteiger partial charge is 0.269 e. The van der Waals surface area contributed by atoms with Crippen LogP contribution in [0.4, 0.5) is 0 Å². The van der Waals surface area contributed by atoms with Crippen LogP contribution >= 0.6 is 11.6 Å². The second-order valence-corrected chi connectivity index (χ2v) is 5.06. The Bertz CT molecular complexity index is 893. The van der Waals surface area contributed by atoms with Gasteiger partial charge in [-0.05, 0) is 18.2 Å². The van der Waals surface area contributed by atoms with Crippen LogP contribution in [-0.2, 0) is 0 Å². The Kier molecular flexibility index (Phi) is 3.82. The number of halogens is 1. The van der Waals surface area contributed by atoms with E-state index in [0.717, 1.165) is 5.39 Å². The summed E-state index contributed by atoms with van der Waals surface area (Å²) in [4.78, 5) is 12.4. The molecule has 0 amide bonds. The van der Waals surface area contributed by atoms with Gasteiger partial charge in [-0.2, -0.15) is 5.26 Å². The van der Waals surface area contributed by atoms with Crippen LogP contribution in [0.2, 0.25) is 5.02 Å². The van der Waals surface area contributed by atoms with E-state index in [1.807, 2.05) is 18.2 Å². The molecule has 1 heterocycles. The van der Waals surface area contributed by atoms with Crippen LogP contribution in [0.1, 0.15) is 10.4 Å². The number of ether oxygens (including phenoxy) is 1. The normalized spacial score (nSPS) is 10.4. The molecule has 0 bridgehead atoms. The van der Waals surface area contributed by atoms with Gasteiger partial charge in [0.1, 0.15) is 11.8 Å². The van der Waals surface area contributed by atoms with Crippen LogP contribution in [0.3, 0.4) is 0 Å². The van der Waals surface area contributed by atoms with Crippen molar-refractivity contribution >= 4 is 28.4 Å². The Morgan fingerprint density at radius 3 is 2.68 bits per heavy atom. The van der Waals surface area contributed by atoms with Crippen molar-refractivity contribution in [3.8, 4) is 11.8 Å². The van der Waals surface area contributed by atoms with Gasteiger partial charge in [0.15, 0.2) is 6.61 Å². The number of carbonyl (C=O) groups is 1. The molecule has 0 N–H and O–H groups in total. The molecule has 108 valence electrons. The molecule has 0 unspecified atom stereocenters. The van der Waals surface area contributed by atoms with Gasteiger partial charge in [0.25, 0.3) is 5.91 Å². The molecule has 22 heavy (non-hydrogen) atoms. The van der Waals surface area contributed by atoms with E-state index in [-0.39, 0.29) is 12.5 Å². The average molecular weight is 311 g/mol. The first-order valence-corrected chi connectivity index (χ1v) is 6.99. The quantitative estimate of drug-likeness (QED) is 0.737. The van der Waals surface area contributed by atoms with E-state index in [0.29, 0.717) is 21.9 Å². The van der Waals surface area contributed by atoms with Gasteiger partial charge in [-0.25, -0.2) is 0 Å². The fraction of sp³-hybridized carbons (Fsp3) is 0.0588. The number of rotatable bonds is 3. The second-order valence-electron chi connectivity index (χ2n) is 4.65. The standard InChI is InChI=1S/C17H11ClN2O2/c18-14-6-2-4-8-16(14)22-11-17(21)20-10-12(9-19)13-5-1-3-7-15(13)20/h1-8,10H,11H2. The molecule has 0 fully saturated rings. The fourth-order valence-corrected chi connectivity index (χ4v) is 2.44. The highest BCUT2D eigenvalue weighted by atomic mass is 35.5. The number of nitrogens with zero attached hydrogens (tertiary/aromatic N) is 2. The maximum atomic E-state index is 12.4. The number of hydrogen-bond acceptors (Lipinski definition) is 3. The number of aromatic nitrogens is 1. The van der Waals surface area contributed by atoms with Crippen molar-refractivity contribution in [3.05, 3.63) is 65.3 Å². The summed E-state index contributed by atoms with van der Waals surface area (Å²) < 4.78 is 6.89. The lowest BCUT2D eigenvalue weighted by Gasteiger charge is -2.08. The molecule has 0 radical (unpaired) electrons. The van der Waals surface area contributed by atoms with Gasteiger partial charge in [-0.15, -0.1) is 0 Å². The Morgan fingerprint density at radius 1 is 1.18 bits per heavy atom. The molecule has 4 nitrogen and oxygen atoms in total. The van der Waals surface area contributed by atoms with Crippen LogP contribution in [0.5, 0.6) is 5.75 Å². The molecule has 0 spiro atoms. The van der Waals surface area contributed by atoms with E-state index in [9.17, 15) is 4.79 Å². The number of carbonyl (C=O) groups excluding carboxylic acids is 1. The lowest BCUT2D eigenvalue weighted by atomic mass is 10.2. The van der Waals surface area contributed by atoms with Crippen LogP contribution in [0, 0.1) is 11.3 Å². The topological polar surface area (TPSA) is 55.0 Å². The third-order valence-electron chi connectivity index (χ3n) is 3.29. The summed E-state index contributed by atoms with van der Waals surface area (Å²) in [5.74, 6) is 0.187. The first-order chi connectivity index (χ1) is 10.7. The van der Waals surface area contributed by atoms with Crippen molar-refractivity contribution in [2.75, 3.05) is 6.61 Å². The number of hydrogen-bond donors (Lipinski definition) is 0. The van der Waals surface area contributed by atoms with Crippen molar-refractivity contribution in [2.45, 2.75) is 0 Å². The Morgan fingerprint density at radius 2 is 1.91 bits per heavy atom. The highest BCUT2D eigenvalue weighted by molar-refractivity contribution is 6.32. The van der Waals surface area contributed by atoms with E-state index >= 15 is 0 Å². The minimum Gasteiger partial charge on any atom is -0.482 e. The van der Waals surface area contributed by atoms with Crippen LogP contribution in [0.15, 0.2) is 54.7 Å². The predicted octanol–water partition coefficient (Wildman–Crippen LogP) is 3.89.